The SMILES string of the molecule is COC(=O)c1[nH]cnc1C(=O)Nc1ccc(C)cc1C(=O)c1ccccc1. The van der Waals surface area contributed by atoms with Crippen LogP contribution in [0, 0.1) is 6.92 Å². The molecule has 1 amide bonds. The van der Waals surface area contributed by atoms with Crippen molar-refractivity contribution in [2.75, 3.05) is 12.4 Å². The second kappa shape index (κ2) is 7.65. The van der Waals surface area contributed by atoms with Crippen molar-refractivity contribution in [1.29, 1.82) is 0 Å². The Bertz CT molecular complexity index is 1010. The van der Waals surface area contributed by atoms with Gasteiger partial charge in [-0.05, 0) is 19.1 Å². The molecular formula is C20H17N3O4. The number of nitrogens with zero attached hydrogens (tertiary/aromatic N) is 1. The monoisotopic (exact) mass is 363 g/mol. The Labute approximate surface area is 155 Å². The van der Waals surface area contributed by atoms with E-state index in [9.17, 15) is 14.4 Å². The molecule has 2 aromatic carbocycles. The fourth-order valence-electron chi connectivity index (χ4n) is 2.61. The molecule has 0 spiro atoms. The Morgan fingerprint density at radius 2 is 1.81 bits per heavy atom. The van der Waals surface area contributed by atoms with E-state index in [-0.39, 0.29) is 17.2 Å². The molecule has 136 valence electrons. The maximum absolute atomic E-state index is 12.9. The minimum Gasteiger partial charge on any atom is -0.464 e. The van der Waals surface area contributed by atoms with Crippen LogP contribution < -0.4 is 5.32 Å². The summed E-state index contributed by atoms with van der Waals surface area (Å²) < 4.78 is 4.63. The highest BCUT2D eigenvalue weighted by molar-refractivity contribution is 6.16. The van der Waals surface area contributed by atoms with E-state index in [2.05, 4.69) is 20.0 Å². The van der Waals surface area contributed by atoms with E-state index < -0.39 is 11.9 Å². The molecule has 0 saturated heterocycles. The van der Waals surface area contributed by atoms with Gasteiger partial charge in [-0.25, -0.2) is 9.78 Å². The fourth-order valence-corrected chi connectivity index (χ4v) is 2.61. The molecule has 0 atom stereocenters. The summed E-state index contributed by atoms with van der Waals surface area (Å²) in [7, 11) is 1.21. The number of rotatable bonds is 5. The quantitative estimate of drug-likeness (QED) is 0.536. The largest absolute Gasteiger partial charge is 0.464 e. The predicted molar refractivity (Wildman–Crippen MR) is 98.9 cm³/mol. The minimum absolute atomic E-state index is 0.0574. The van der Waals surface area contributed by atoms with Crippen LogP contribution in [-0.4, -0.2) is 34.7 Å². The molecule has 0 saturated carbocycles. The third-order valence-electron chi connectivity index (χ3n) is 3.95. The van der Waals surface area contributed by atoms with Crippen LogP contribution in [0.4, 0.5) is 5.69 Å². The molecule has 0 fully saturated rings. The van der Waals surface area contributed by atoms with Gasteiger partial charge < -0.3 is 15.0 Å². The molecule has 7 nitrogen and oxygen atoms in total. The number of benzene rings is 2. The molecule has 1 heterocycles. The van der Waals surface area contributed by atoms with Gasteiger partial charge in [-0.1, -0.05) is 42.0 Å². The topological polar surface area (TPSA) is 101 Å². The first kappa shape index (κ1) is 18.1. The van der Waals surface area contributed by atoms with Gasteiger partial charge >= 0.3 is 5.97 Å². The van der Waals surface area contributed by atoms with E-state index in [1.165, 1.54) is 13.4 Å². The number of aromatic amines is 1. The van der Waals surface area contributed by atoms with E-state index in [1.807, 2.05) is 13.0 Å². The molecule has 0 aliphatic carbocycles. The summed E-state index contributed by atoms with van der Waals surface area (Å²) in [6.45, 7) is 1.86. The lowest BCUT2D eigenvalue weighted by atomic mass is 9.99. The van der Waals surface area contributed by atoms with Gasteiger partial charge in [0.15, 0.2) is 17.2 Å². The number of aryl methyl sites for hydroxylation is 1. The van der Waals surface area contributed by atoms with Crippen molar-refractivity contribution in [3.63, 3.8) is 0 Å². The Balaban J connectivity index is 1.94. The highest BCUT2D eigenvalue weighted by Crippen LogP contribution is 2.22. The summed E-state index contributed by atoms with van der Waals surface area (Å²) in [4.78, 5) is 43.7. The van der Waals surface area contributed by atoms with Gasteiger partial charge in [0.1, 0.15) is 0 Å². The molecule has 7 heteroatoms. The molecule has 0 aliphatic rings. The number of imidazole rings is 1. The first-order valence-electron chi connectivity index (χ1n) is 8.14. The van der Waals surface area contributed by atoms with Gasteiger partial charge in [0, 0.05) is 11.1 Å². The van der Waals surface area contributed by atoms with E-state index in [0.717, 1.165) is 5.56 Å². The number of nitrogens with one attached hydrogen (secondary N) is 2. The number of hydrogen-bond donors (Lipinski definition) is 2. The first-order chi connectivity index (χ1) is 13.0. The van der Waals surface area contributed by atoms with Crippen LogP contribution in [0.3, 0.4) is 0 Å². The van der Waals surface area contributed by atoms with Gasteiger partial charge in [0.25, 0.3) is 5.91 Å². The molecular weight excluding hydrogens is 346 g/mol. The van der Waals surface area contributed by atoms with Gasteiger partial charge in [-0.15, -0.1) is 0 Å². The van der Waals surface area contributed by atoms with Crippen molar-refractivity contribution >= 4 is 23.3 Å². The van der Waals surface area contributed by atoms with E-state index in [4.69, 9.17) is 0 Å². The van der Waals surface area contributed by atoms with Crippen molar-refractivity contribution in [3.8, 4) is 0 Å². The van der Waals surface area contributed by atoms with E-state index in [1.54, 1.807) is 42.5 Å². The molecule has 3 aromatic rings. The number of amides is 1. The van der Waals surface area contributed by atoms with Crippen molar-refractivity contribution in [1.82, 2.24) is 9.97 Å². The zero-order chi connectivity index (χ0) is 19.4. The molecule has 0 bridgehead atoms. The summed E-state index contributed by atoms with van der Waals surface area (Å²) in [6, 6.07) is 13.9. The van der Waals surface area contributed by atoms with Crippen molar-refractivity contribution in [2.45, 2.75) is 6.92 Å². The van der Waals surface area contributed by atoms with E-state index in [0.29, 0.717) is 16.8 Å². The Morgan fingerprint density at radius 1 is 1.07 bits per heavy atom. The van der Waals surface area contributed by atoms with Crippen LogP contribution in [0.5, 0.6) is 0 Å². The lowest BCUT2D eigenvalue weighted by Gasteiger charge is -2.11. The van der Waals surface area contributed by atoms with Crippen LogP contribution in [0.2, 0.25) is 0 Å². The number of H-pyrrole nitrogens is 1. The molecule has 0 radical (unpaired) electrons. The smallest absolute Gasteiger partial charge is 0.356 e. The van der Waals surface area contributed by atoms with Crippen LogP contribution in [-0.2, 0) is 4.74 Å². The number of carbonyl (C=O) groups excluding carboxylic acids is 3. The average molecular weight is 363 g/mol. The molecule has 3 rings (SSSR count). The van der Waals surface area contributed by atoms with Gasteiger partial charge in [-0.2, -0.15) is 0 Å². The number of aromatic nitrogens is 2. The molecule has 27 heavy (non-hydrogen) atoms. The van der Waals surface area contributed by atoms with Crippen molar-refractivity contribution < 1.29 is 19.1 Å². The molecule has 0 unspecified atom stereocenters. The standard InChI is InChI=1S/C20H17N3O4/c1-12-8-9-15(14(10-12)18(24)13-6-4-3-5-7-13)23-19(25)16-17(20(26)27-2)22-11-21-16/h3-11H,1-2H3,(H,21,22)(H,23,25). The van der Waals surface area contributed by atoms with Crippen LogP contribution in [0.1, 0.15) is 42.5 Å². The zero-order valence-electron chi connectivity index (χ0n) is 14.8. The summed E-state index contributed by atoms with van der Waals surface area (Å²) in [5, 5.41) is 2.66. The Kier molecular flexibility index (Phi) is 5.12. The summed E-state index contributed by atoms with van der Waals surface area (Å²) in [6.07, 6.45) is 1.23. The van der Waals surface area contributed by atoms with Crippen LogP contribution >= 0.6 is 0 Å². The van der Waals surface area contributed by atoms with Crippen molar-refractivity contribution in [3.05, 3.63) is 82.9 Å². The fraction of sp³-hybridized carbons (Fsp3) is 0.100. The third-order valence-corrected chi connectivity index (χ3v) is 3.95. The number of carbonyl (C=O) groups is 3. The summed E-state index contributed by atoms with van der Waals surface area (Å²) in [5.41, 5.74) is 1.90. The first-order valence-corrected chi connectivity index (χ1v) is 8.14. The number of hydrogen-bond acceptors (Lipinski definition) is 5. The van der Waals surface area contributed by atoms with E-state index >= 15 is 0 Å². The summed E-state index contributed by atoms with van der Waals surface area (Å²) in [5.74, 6) is -1.55. The predicted octanol–water partition coefficient (Wildman–Crippen LogP) is 2.99. The second-order valence-electron chi connectivity index (χ2n) is 5.82. The van der Waals surface area contributed by atoms with Crippen molar-refractivity contribution in [2.24, 2.45) is 0 Å². The highest BCUT2D eigenvalue weighted by atomic mass is 16.5. The Morgan fingerprint density at radius 3 is 2.52 bits per heavy atom. The minimum atomic E-state index is -0.706. The van der Waals surface area contributed by atoms with Crippen LogP contribution in [0.25, 0.3) is 0 Å². The number of methoxy groups -OCH3 is 1. The average Bonchev–Trinajstić information content (AvgIpc) is 3.19. The molecule has 0 aliphatic heterocycles. The number of ether oxygens (including phenoxy) is 1. The lowest BCUT2D eigenvalue weighted by molar-refractivity contribution is 0.0591. The number of anilines is 1. The van der Waals surface area contributed by atoms with Gasteiger partial charge in [0.05, 0.1) is 19.1 Å². The van der Waals surface area contributed by atoms with Gasteiger partial charge in [0.2, 0.25) is 0 Å². The second-order valence-corrected chi connectivity index (χ2v) is 5.82. The van der Waals surface area contributed by atoms with Crippen LogP contribution in [0.15, 0.2) is 54.9 Å². The third kappa shape index (κ3) is 3.77. The lowest BCUT2D eigenvalue weighted by Crippen LogP contribution is -2.19. The van der Waals surface area contributed by atoms with Gasteiger partial charge in [-0.3, -0.25) is 9.59 Å². The maximum atomic E-state index is 12.9. The number of esters is 1. The highest BCUT2D eigenvalue weighted by Gasteiger charge is 2.23. The normalized spacial score (nSPS) is 10.3. The maximum Gasteiger partial charge on any atom is 0.356 e. The summed E-state index contributed by atoms with van der Waals surface area (Å²) >= 11 is 0. The molecule has 2 N–H and O–H groups in total. The number of ketones is 1. The molecule has 1 aromatic heterocycles. The Hall–Kier alpha value is -3.74. The zero-order valence-corrected chi connectivity index (χ0v) is 14.8.